The molecule has 0 radical (unpaired) electrons. The Morgan fingerprint density at radius 3 is 2.43 bits per heavy atom. The molecular formula is C23H29N3O2. The lowest BCUT2D eigenvalue weighted by atomic mass is 10.1. The van der Waals surface area contributed by atoms with E-state index in [1.54, 1.807) is 0 Å². The average molecular weight is 380 g/mol. The molecule has 0 aliphatic rings. The third-order valence-electron chi connectivity index (χ3n) is 4.72. The van der Waals surface area contributed by atoms with E-state index in [-0.39, 0.29) is 0 Å². The van der Waals surface area contributed by atoms with Crippen molar-refractivity contribution in [2.75, 3.05) is 20.2 Å². The number of benzene rings is 2. The molecule has 0 saturated carbocycles. The monoisotopic (exact) mass is 379 g/mol. The Kier molecular flexibility index (Phi) is 6.85. The zero-order valence-corrected chi connectivity index (χ0v) is 16.9. The van der Waals surface area contributed by atoms with Crippen LogP contribution in [0.3, 0.4) is 0 Å². The van der Waals surface area contributed by atoms with E-state index in [0.717, 1.165) is 35.8 Å². The summed E-state index contributed by atoms with van der Waals surface area (Å²) in [6, 6.07) is 20.0. The van der Waals surface area contributed by atoms with Crippen molar-refractivity contribution in [3.63, 3.8) is 0 Å². The number of aliphatic hydroxyl groups is 1. The first-order valence-electron chi connectivity index (χ1n) is 9.65. The highest BCUT2D eigenvalue weighted by Crippen LogP contribution is 2.17. The van der Waals surface area contributed by atoms with Crippen LogP contribution in [-0.2, 0) is 13.1 Å². The third kappa shape index (κ3) is 5.68. The second-order valence-electron chi connectivity index (χ2n) is 7.27. The molecule has 1 atom stereocenters. The summed E-state index contributed by atoms with van der Waals surface area (Å²) in [5.74, 6) is 0.859. The van der Waals surface area contributed by atoms with Crippen molar-refractivity contribution in [3.8, 4) is 5.75 Å². The molecule has 3 rings (SSSR count). The molecule has 0 unspecified atom stereocenters. The summed E-state index contributed by atoms with van der Waals surface area (Å²) in [7, 11) is 2.02. The Morgan fingerprint density at radius 1 is 1.07 bits per heavy atom. The van der Waals surface area contributed by atoms with Crippen LogP contribution < -0.4 is 4.74 Å². The highest BCUT2D eigenvalue weighted by atomic mass is 16.5. The molecule has 148 valence electrons. The minimum atomic E-state index is -0.483. The zero-order chi connectivity index (χ0) is 19.9. The Morgan fingerprint density at radius 2 is 1.79 bits per heavy atom. The van der Waals surface area contributed by atoms with Crippen LogP contribution in [0.1, 0.15) is 28.6 Å². The number of nitrogens with zero attached hydrogens (tertiary/aromatic N) is 3. The number of hydrogen-bond acceptors (Lipinski definition) is 4. The first kappa shape index (κ1) is 20.1. The molecule has 3 aromatic rings. The Hall–Kier alpha value is -2.63. The van der Waals surface area contributed by atoms with E-state index in [1.165, 1.54) is 5.56 Å². The van der Waals surface area contributed by atoms with E-state index in [1.807, 2.05) is 61.1 Å². The summed E-state index contributed by atoms with van der Waals surface area (Å²) in [4.78, 5) is 2.12. The molecule has 1 N–H and O–H groups in total. The predicted molar refractivity (Wildman–Crippen MR) is 111 cm³/mol. The SMILES string of the molecule is Cc1cc(C)n(CCOc2ccc(CN(C)C[C@@H](O)c3ccccc3)cc2)n1. The van der Waals surface area contributed by atoms with Crippen LogP contribution in [0.15, 0.2) is 60.7 Å². The van der Waals surface area contributed by atoms with Gasteiger partial charge in [-0.05, 0) is 50.2 Å². The van der Waals surface area contributed by atoms with Crippen LogP contribution in [0.2, 0.25) is 0 Å². The smallest absolute Gasteiger partial charge is 0.119 e. The van der Waals surface area contributed by atoms with E-state index in [9.17, 15) is 5.11 Å². The lowest BCUT2D eigenvalue weighted by Gasteiger charge is -2.21. The van der Waals surface area contributed by atoms with Gasteiger partial charge < -0.3 is 9.84 Å². The van der Waals surface area contributed by atoms with Crippen molar-refractivity contribution in [2.45, 2.75) is 33.0 Å². The van der Waals surface area contributed by atoms with Crippen LogP contribution in [-0.4, -0.2) is 40.0 Å². The fourth-order valence-corrected chi connectivity index (χ4v) is 3.29. The molecule has 0 aliphatic carbocycles. The van der Waals surface area contributed by atoms with Gasteiger partial charge in [0.15, 0.2) is 0 Å². The summed E-state index contributed by atoms with van der Waals surface area (Å²) >= 11 is 0. The van der Waals surface area contributed by atoms with Gasteiger partial charge >= 0.3 is 0 Å². The quantitative estimate of drug-likeness (QED) is 0.615. The molecule has 0 aliphatic heterocycles. The van der Waals surface area contributed by atoms with Gasteiger partial charge in [0.1, 0.15) is 12.4 Å². The zero-order valence-electron chi connectivity index (χ0n) is 16.9. The highest BCUT2D eigenvalue weighted by Gasteiger charge is 2.10. The third-order valence-corrected chi connectivity index (χ3v) is 4.72. The van der Waals surface area contributed by atoms with E-state index in [2.05, 4.69) is 35.1 Å². The maximum Gasteiger partial charge on any atom is 0.119 e. The molecule has 2 aromatic carbocycles. The molecule has 0 spiro atoms. The summed E-state index contributed by atoms with van der Waals surface area (Å²) in [6.07, 6.45) is -0.483. The molecule has 1 aromatic heterocycles. The second kappa shape index (κ2) is 9.53. The Balaban J connectivity index is 1.45. The average Bonchev–Trinajstić information content (AvgIpc) is 3.01. The van der Waals surface area contributed by atoms with Crippen molar-refractivity contribution >= 4 is 0 Å². The molecule has 28 heavy (non-hydrogen) atoms. The molecular weight excluding hydrogens is 350 g/mol. The highest BCUT2D eigenvalue weighted by molar-refractivity contribution is 5.27. The summed E-state index contributed by atoms with van der Waals surface area (Å²) < 4.78 is 7.81. The lowest BCUT2D eigenvalue weighted by molar-refractivity contribution is 0.124. The van der Waals surface area contributed by atoms with Gasteiger partial charge in [-0.1, -0.05) is 42.5 Å². The first-order chi connectivity index (χ1) is 13.5. The van der Waals surface area contributed by atoms with Crippen LogP contribution in [0.4, 0.5) is 0 Å². The van der Waals surface area contributed by atoms with E-state index < -0.39 is 6.10 Å². The van der Waals surface area contributed by atoms with Crippen LogP contribution in [0.5, 0.6) is 5.75 Å². The first-order valence-corrected chi connectivity index (χ1v) is 9.65. The number of hydrogen-bond donors (Lipinski definition) is 1. The van der Waals surface area contributed by atoms with Crippen LogP contribution >= 0.6 is 0 Å². The van der Waals surface area contributed by atoms with Gasteiger partial charge in [0, 0.05) is 18.8 Å². The fraction of sp³-hybridized carbons (Fsp3) is 0.348. The van der Waals surface area contributed by atoms with Crippen molar-refractivity contribution in [1.82, 2.24) is 14.7 Å². The number of ether oxygens (including phenoxy) is 1. The van der Waals surface area contributed by atoms with Crippen LogP contribution in [0, 0.1) is 13.8 Å². The molecule has 0 fully saturated rings. The minimum Gasteiger partial charge on any atom is -0.492 e. The molecule has 5 nitrogen and oxygen atoms in total. The van der Waals surface area contributed by atoms with E-state index in [4.69, 9.17) is 4.74 Å². The van der Waals surface area contributed by atoms with E-state index in [0.29, 0.717) is 13.2 Å². The predicted octanol–water partition coefficient (Wildman–Crippen LogP) is 3.74. The van der Waals surface area contributed by atoms with Gasteiger partial charge in [-0.25, -0.2) is 0 Å². The number of rotatable bonds is 9. The molecule has 1 heterocycles. The Bertz CT molecular complexity index is 859. The van der Waals surface area contributed by atoms with Gasteiger partial charge in [-0.3, -0.25) is 9.58 Å². The van der Waals surface area contributed by atoms with Gasteiger partial charge in [0.25, 0.3) is 0 Å². The molecule has 0 amide bonds. The minimum absolute atomic E-state index is 0.483. The van der Waals surface area contributed by atoms with E-state index >= 15 is 0 Å². The van der Waals surface area contributed by atoms with Gasteiger partial charge in [-0.2, -0.15) is 5.10 Å². The maximum absolute atomic E-state index is 10.4. The molecule has 0 saturated heterocycles. The normalized spacial score (nSPS) is 12.3. The number of aromatic nitrogens is 2. The lowest BCUT2D eigenvalue weighted by Crippen LogP contribution is -2.24. The summed E-state index contributed by atoms with van der Waals surface area (Å²) in [5, 5.41) is 14.8. The topological polar surface area (TPSA) is 50.5 Å². The second-order valence-corrected chi connectivity index (χ2v) is 7.27. The van der Waals surface area contributed by atoms with Gasteiger partial charge in [0.2, 0.25) is 0 Å². The maximum atomic E-state index is 10.4. The number of aliphatic hydroxyl groups excluding tert-OH is 1. The largest absolute Gasteiger partial charge is 0.492 e. The van der Waals surface area contributed by atoms with Gasteiger partial charge in [0.05, 0.1) is 18.3 Å². The van der Waals surface area contributed by atoms with Gasteiger partial charge in [-0.15, -0.1) is 0 Å². The standard InChI is InChI=1S/C23H29N3O2/c1-18-15-19(2)26(24-18)13-14-28-22-11-9-20(10-12-22)16-25(3)17-23(27)21-7-5-4-6-8-21/h4-12,15,23,27H,13-14,16-17H2,1-3H3/t23-/m1/s1. The van der Waals surface area contributed by atoms with Crippen molar-refractivity contribution < 1.29 is 9.84 Å². The Labute approximate surface area is 167 Å². The van der Waals surface area contributed by atoms with Crippen molar-refractivity contribution in [2.24, 2.45) is 0 Å². The summed E-state index contributed by atoms with van der Waals surface area (Å²) in [5.41, 5.74) is 4.31. The molecule has 0 bridgehead atoms. The summed E-state index contributed by atoms with van der Waals surface area (Å²) in [6.45, 7) is 6.74. The van der Waals surface area contributed by atoms with Crippen LogP contribution in [0.25, 0.3) is 0 Å². The molecule has 5 heteroatoms. The van der Waals surface area contributed by atoms with Crippen molar-refractivity contribution in [3.05, 3.63) is 83.2 Å². The van der Waals surface area contributed by atoms with Crippen molar-refractivity contribution in [1.29, 1.82) is 0 Å². The number of likely N-dealkylation sites (N-methyl/N-ethyl adjacent to an activating group) is 1. The fourth-order valence-electron chi connectivity index (χ4n) is 3.29. The number of aryl methyl sites for hydroxylation is 2.